The van der Waals surface area contributed by atoms with Crippen LogP contribution in [0.25, 0.3) is 0 Å². The number of nitrogens with zero attached hydrogens (tertiary/aromatic N) is 2. The average molecular weight is 339 g/mol. The van der Waals surface area contributed by atoms with E-state index in [1.807, 2.05) is 13.1 Å². The molecule has 3 aliphatic rings. The zero-order valence-electron chi connectivity index (χ0n) is 15.0. The molecule has 1 aromatic rings. The lowest BCUT2D eigenvalue weighted by molar-refractivity contribution is 0.00830. The number of carbonyl (C=O) groups excluding carboxylic acids is 1. The number of hydrogen-bond acceptors (Lipinski definition) is 4. The predicted molar refractivity (Wildman–Crippen MR) is 99.3 cm³/mol. The zero-order chi connectivity index (χ0) is 17.8. The molecule has 0 fully saturated rings. The van der Waals surface area contributed by atoms with Gasteiger partial charge in [0, 0.05) is 36.7 Å². The van der Waals surface area contributed by atoms with Crippen LogP contribution in [0.3, 0.4) is 0 Å². The van der Waals surface area contributed by atoms with Crippen molar-refractivity contribution in [1.82, 2.24) is 0 Å². The number of fused-ring (bicyclic) bond motifs is 3. The summed E-state index contributed by atoms with van der Waals surface area (Å²) in [6.07, 6.45) is 8.23. The molecule has 0 radical (unpaired) electrons. The van der Waals surface area contributed by atoms with Crippen LogP contribution in [0, 0.1) is 0 Å². The van der Waals surface area contributed by atoms with Gasteiger partial charge in [-0.05, 0) is 37.0 Å². The van der Waals surface area contributed by atoms with Gasteiger partial charge in [-0.2, -0.15) is 0 Å². The molecule has 1 aliphatic carbocycles. The van der Waals surface area contributed by atoms with Crippen LogP contribution in [0.1, 0.15) is 50.2 Å². The molecule has 5 nitrogen and oxygen atoms in total. The summed E-state index contributed by atoms with van der Waals surface area (Å²) in [6, 6.07) is 6.67. The van der Waals surface area contributed by atoms with Crippen LogP contribution in [0.4, 0.5) is 10.5 Å². The molecule has 4 rings (SSSR count). The van der Waals surface area contributed by atoms with Crippen LogP contribution in [-0.4, -0.2) is 31.1 Å². The third-order valence-corrected chi connectivity index (χ3v) is 6.25. The Balaban J connectivity index is 1.74. The van der Waals surface area contributed by atoms with Crippen molar-refractivity contribution in [3.8, 4) is 0 Å². The van der Waals surface area contributed by atoms with E-state index < -0.39 is 11.7 Å². The minimum atomic E-state index is -0.711. The van der Waals surface area contributed by atoms with E-state index in [0.29, 0.717) is 6.42 Å². The molecule has 2 aliphatic heterocycles. The number of rotatable bonds is 2. The fourth-order valence-corrected chi connectivity index (χ4v) is 4.83. The van der Waals surface area contributed by atoms with Gasteiger partial charge in [-0.1, -0.05) is 31.2 Å². The Labute approximate surface area is 148 Å². The number of hydrogen-bond donors (Lipinski definition) is 1. The molecule has 0 bridgehead atoms. The van der Waals surface area contributed by atoms with Gasteiger partial charge in [0.2, 0.25) is 0 Å². The Hall–Kier alpha value is -2.30. The number of aliphatic imine (C=N–C) groups is 1. The molecular weight excluding hydrogens is 314 g/mol. The van der Waals surface area contributed by atoms with Gasteiger partial charge in [0.15, 0.2) is 0 Å². The molecule has 25 heavy (non-hydrogen) atoms. The SMILES string of the molecule is CN1c2cc(C3CC=CCC3(C)OC(N)=O)ccc2C2(C)CC=NC12. The smallest absolute Gasteiger partial charge is 0.405 e. The lowest BCUT2D eigenvalue weighted by Gasteiger charge is -2.38. The van der Waals surface area contributed by atoms with E-state index in [-0.39, 0.29) is 17.5 Å². The van der Waals surface area contributed by atoms with Gasteiger partial charge in [-0.3, -0.25) is 4.99 Å². The Kier molecular flexibility index (Phi) is 3.46. The summed E-state index contributed by atoms with van der Waals surface area (Å²) in [4.78, 5) is 18.4. The van der Waals surface area contributed by atoms with E-state index in [2.05, 4.69) is 54.2 Å². The first-order valence-electron chi connectivity index (χ1n) is 8.87. The highest BCUT2D eigenvalue weighted by atomic mass is 16.6. The first-order valence-corrected chi connectivity index (χ1v) is 8.87. The van der Waals surface area contributed by atoms with E-state index in [1.54, 1.807) is 0 Å². The highest BCUT2D eigenvalue weighted by molar-refractivity contribution is 5.74. The van der Waals surface area contributed by atoms with Gasteiger partial charge in [0.05, 0.1) is 0 Å². The largest absolute Gasteiger partial charge is 0.442 e. The maximum absolute atomic E-state index is 11.4. The molecule has 132 valence electrons. The number of allylic oxidation sites excluding steroid dienone is 1. The lowest BCUT2D eigenvalue weighted by Crippen LogP contribution is -2.41. The molecule has 2 N–H and O–H groups in total. The van der Waals surface area contributed by atoms with Gasteiger partial charge in [-0.15, -0.1) is 0 Å². The second-order valence-corrected chi connectivity index (χ2v) is 7.91. The van der Waals surface area contributed by atoms with Crippen molar-refractivity contribution >= 4 is 18.0 Å². The summed E-state index contributed by atoms with van der Waals surface area (Å²) in [5.74, 6) is 0.0976. The number of nitrogens with two attached hydrogens (primary N) is 1. The number of primary amides is 1. The molecule has 0 aromatic heterocycles. The highest BCUT2D eigenvalue weighted by Crippen LogP contribution is 2.51. The second-order valence-electron chi connectivity index (χ2n) is 7.91. The van der Waals surface area contributed by atoms with Crippen LogP contribution in [0.5, 0.6) is 0 Å². The molecule has 1 aromatic carbocycles. The molecule has 4 unspecified atom stereocenters. The fraction of sp³-hybridized carbons (Fsp3) is 0.500. The standard InChI is InChI=1S/C20H25N3O2/c1-19-10-11-22-17(19)23(3)16-12-13(7-8-15(16)19)14-6-4-5-9-20(14,2)25-18(21)24/h4-5,7-8,11-12,14,17H,6,9-10H2,1-3H3,(H2,21,24). The monoisotopic (exact) mass is 339 g/mol. The third-order valence-electron chi connectivity index (χ3n) is 6.25. The number of anilines is 1. The van der Waals surface area contributed by atoms with Crippen molar-refractivity contribution in [3.63, 3.8) is 0 Å². The zero-order valence-corrected chi connectivity index (χ0v) is 15.0. The predicted octanol–water partition coefficient (Wildman–Crippen LogP) is 3.48. The molecule has 0 spiro atoms. The third kappa shape index (κ3) is 2.29. The maximum atomic E-state index is 11.4. The minimum Gasteiger partial charge on any atom is -0.442 e. The van der Waals surface area contributed by atoms with Crippen molar-refractivity contribution in [2.75, 3.05) is 11.9 Å². The van der Waals surface area contributed by atoms with Crippen LogP contribution >= 0.6 is 0 Å². The van der Waals surface area contributed by atoms with Gasteiger partial charge < -0.3 is 15.4 Å². The Morgan fingerprint density at radius 3 is 2.88 bits per heavy atom. The van der Waals surface area contributed by atoms with E-state index in [4.69, 9.17) is 10.5 Å². The van der Waals surface area contributed by atoms with Crippen LogP contribution < -0.4 is 10.6 Å². The minimum absolute atomic E-state index is 0.0576. The summed E-state index contributed by atoms with van der Waals surface area (Å²) >= 11 is 0. The van der Waals surface area contributed by atoms with E-state index in [9.17, 15) is 4.79 Å². The molecule has 5 heteroatoms. The number of ether oxygens (including phenoxy) is 1. The number of amides is 1. The quantitative estimate of drug-likeness (QED) is 0.839. The molecule has 0 saturated heterocycles. The Morgan fingerprint density at radius 1 is 1.32 bits per heavy atom. The van der Waals surface area contributed by atoms with E-state index >= 15 is 0 Å². The first-order chi connectivity index (χ1) is 11.8. The molecule has 1 amide bonds. The first kappa shape index (κ1) is 16.2. The molecular formula is C20H25N3O2. The van der Waals surface area contributed by atoms with E-state index in [0.717, 1.165) is 12.8 Å². The van der Waals surface area contributed by atoms with Crippen LogP contribution in [0.2, 0.25) is 0 Å². The van der Waals surface area contributed by atoms with Crippen molar-refractivity contribution in [3.05, 3.63) is 41.5 Å². The van der Waals surface area contributed by atoms with Gasteiger partial charge in [-0.25, -0.2) is 4.79 Å². The summed E-state index contributed by atoms with van der Waals surface area (Å²) in [6.45, 7) is 4.26. The number of benzene rings is 1. The molecule has 0 saturated carbocycles. The number of likely N-dealkylation sites (N-methyl/N-ethyl adjacent to an activating group) is 1. The Bertz CT molecular complexity index is 787. The van der Waals surface area contributed by atoms with Gasteiger partial charge >= 0.3 is 6.09 Å². The lowest BCUT2D eigenvalue weighted by atomic mass is 9.74. The summed E-state index contributed by atoms with van der Waals surface area (Å²) in [5.41, 5.74) is 8.55. The van der Waals surface area contributed by atoms with Crippen molar-refractivity contribution < 1.29 is 9.53 Å². The molecule has 4 atom stereocenters. The van der Waals surface area contributed by atoms with Crippen molar-refractivity contribution in [2.45, 2.75) is 56.2 Å². The highest BCUT2D eigenvalue weighted by Gasteiger charge is 2.49. The van der Waals surface area contributed by atoms with E-state index in [1.165, 1.54) is 16.8 Å². The summed E-state index contributed by atoms with van der Waals surface area (Å²) in [7, 11) is 2.11. The van der Waals surface area contributed by atoms with Gasteiger partial charge in [0.1, 0.15) is 11.8 Å². The average Bonchev–Trinajstić information content (AvgIpc) is 3.03. The maximum Gasteiger partial charge on any atom is 0.405 e. The topological polar surface area (TPSA) is 67.9 Å². The van der Waals surface area contributed by atoms with Crippen molar-refractivity contribution in [1.29, 1.82) is 0 Å². The van der Waals surface area contributed by atoms with Crippen LogP contribution in [0.15, 0.2) is 35.3 Å². The Morgan fingerprint density at radius 2 is 2.12 bits per heavy atom. The fourth-order valence-electron chi connectivity index (χ4n) is 4.83. The van der Waals surface area contributed by atoms with Gasteiger partial charge in [0.25, 0.3) is 0 Å². The van der Waals surface area contributed by atoms with Crippen LogP contribution in [-0.2, 0) is 10.2 Å². The summed E-state index contributed by atoms with van der Waals surface area (Å²) in [5, 5.41) is 0. The normalized spacial score (nSPS) is 35.6. The number of carbonyl (C=O) groups is 1. The second kappa shape index (κ2) is 5.35. The molecule has 2 heterocycles. The summed E-state index contributed by atoms with van der Waals surface area (Å²) < 4.78 is 5.54. The van der Waals surface area contributed by atoms with Crippen molar-refractivity contribution in [2.24, 2.45) is 10.7 Å².